The van der Waals surface area contributed by atoms with E-state index in [0.717, 1.165) is 54.4 Å². The Morgan fingerprint density at radius 3 is 2.71 bits per heavy atom. The molecule has 2 saturated carbocycles. The molecule has 1 aromatic heterocycles. The van der Waals surface area contributed by atoms with Crippen molar-refractivity contribution in [1.29, 1.82) is 0 Å². The number of nitrogens with one attached hydrogen (secondary N) is 2. The average Bonchev–Trinajstić information content (AvgIpc) is 3.70. The molecule has 0 spiro atoms. The van der Waals surface area contributed by atoms with Crippen molar-refractivity contribution in [2.24, 2.45) is 11.8 Å². The lowest BCUT2D eigenvalue weighted by Crippen LogP contribution is -2.36. The van der Waals surface area contributed by atoms with Crippen LogP contribution in [0.25, 0.3) is 22.0 Å². The van der Waals surface area contributed by atoms with Gasteiger partial charge in [-0.2, -0.15) is 0 Å². The first-order valence-electron chi connectivity index (χ1n) is 12.1. The number of aromatic hydroxyl groups is 1. The van der Waals surface area contributed by atoms with E-state index < -0.39 is 11.6 Å². The molecule has 7 rings (SSSR count). The van der Waals surface area contributed by atoms with E-state index in [0.29, 0.717) is 23.1 Å². The summed E-state index contributed by atoms with van der Waals surface area (Å²) in [5.41, 5.74) is 3.56. The smallest absolute Gasteiger partial charge is 0.170 e. The van der Waals surface area contributed by atoms with Crippen molar-refractivity contribution in [3.8, 4) is 16.9 Å². The number of hydrogen-bond acceptors (Lipinski definition) is 5. The third-order valence-corrected chi connectivity index (χ3v) is 7.87. The number of pyridine rings is 1. The number of carbonyl (C=O) groups is 1. The summed E-state index contributed by atoms with van der Waals surface area (Å²) in [6.45, 7) is 1.06. The summed E-state index contributed by atoms with van der Waals surface area (Å²) in [5.74, 6) is -0.442. The van der Waals surface area contributed by atoms with Crippen molar-refractivity contribution in [2.45, 2.75) is 50.6 Å². The van der Waals surface area contributed by atoms with Gasteiger partial charge in [-0.25, -0.2) is 4.39 Å². The van der Waals surface area contributed by atoms with E-state index in [-0.39, 0.29) is 22.8 Å². The summed E-state index contributed by atoms with van der Waals surface area (Å²) < 4.78 is 14.2. The molecule has 2 aromatic carbocycles. The second-order valence-corrected chi connectivity index (χ2v) is 10.5. The van der Waals surface area contributed by atoms with Crippen LogP contribution in [-0.4, -0.2) is 34.5 Å². The number of piperidine rings is 1. The minimum Gasteiger partial charge on any atom is -0.504 e. The number of benzene rings is 2. The minimum atomic E-state index is -0.766. The molecule has 5 nitrogen and oxygen atoms in total. The molecule has 4 fully saturated rings. The minimum absolute atomic E-state index is 0.0364. The fourth-order valence-electron chi connectivity index (χ4n) is 5.55. The number of carbonyl (C=O) groups excluding carboxylic acids is 1. The number of fused-ring (bicyclic) bond motifs is 5. The molecule has 0 amide bonds. The van der Waals surface area contributed by atoms with Gasteiger partial charge in [-0.3, -0.25) is 9.78 Å². The zero-order valence-electron chi connectivity index (χ0n) is 18.8. The maximum absolute atomic E-state index is 14.2. The van der Waals surface area contributed by atoms with Crippen molar-refractivity contribution in [1.82, 2.24) is 10.3 Å². The van der Waals surface area contributed by atoms with Gasteiger partial charge in [0.2, 0.25) is 0 Å². The molecular formula is C27H27ClFN3O2. The molecule has 4 aliphatic rings. The zero-order valence-corrected chi connectivity index (χ0v) is 19.5. The Kier molecular flexibility index (Phi) is 5.46. The van der Waals surface area contributed by atoms with Gasteiger partial charge < -0.3 is 15.7 Å². The predicted molar refractivity (Wildman–Crippen MR) is 132 cm³/mol. The van der Waals surface area contributed by atoms with E-state index in [1.54, 1.807) is 12.3 Å². The van der Waals surface area contributed by atoms with Gasteiger partial charge in [-0.05, 0) is 86.4 Å². The van der Waals surface area contributed by atoms with Crippen LogP contribution in [0.1, 0.15) is 48.9 Å². The van der Waals surface area contributed by atoms with Gasteiger partial charge in [0.05, 0.1) is 21.8 Å². The van der Waals surface area contributed by atoms with E-state index in [1.807, 2.05) is 18.2 Å². The average molecular weight is 480 g/mol. The van der Waals surface area contributed by atoms with Crippen molar-refractivity contribution in [3.05, 3.63) is 52.9 Å². The summed E-state index contributed by atoms with van der Waals surface area (Å²) in [7, 11) is 0. The number of ketones is 1. The first-order chi connectivity index (χ1) is 16.5. The molecule has 3 unspecified atom stereocenters. The fourth-order valence-corrected chi connectivity index (χ4v) is 5.76. The number of phenols is 1. The highest BCUT2D eigenvalue weighted by atomic mass is 35.5. The Morgan fingerprint density at radius 1 is 1.12 bits per heavy atom. The first kappa shape index (κ1) is 21.8. The molecule has 7 heteroatoms. The van der Waals surface area contributed by atoms with E-state index in [9.17, 15) is 14.3 Å². The Balaban J connectivity index is 1.46. The molecule has 3 atom stereocenters. The highest BCUT2D eigenvalue weighted by Crippen LogP contribution is 2.40. The van der Waals surface area contributed by atoms with Crippen LogP contribution in [0.15, 0.2) is 36.5 Å². The largest absolute Gasteiger partial charge is 0.504 e. The summed E-state index contributed by atoms with van der Waals surface area (Å²) in [5, 5.41) is 18.0. The molecule has 3 N–H and O–H groups in total. The summed E-state index contributed by atoms with van der Waals surface area (Å²) in [6, 6.07) is 9.29. The monoisotopic (exact) mass is 479 g/mol. The van der Waals surface area contributed by atoms with Crippen molar-refractivity contribution >= 4 is 34.0 Å². The number of Topliss-reactive ketones (excluding diaryl/α,β-unsaturated/α-hetero) is 1. The lowest BCUT2D eigenvalue weighted by Gasteiger charge is -2.24. The van der Waals surface area contributed by atoms with Gasteiger partial charge in [-0.15, -0.1) is 0 Å². The molecule has 2 aliphatic carbocycles. The molecule has 0 radical (unpaired) electrons. The van der Waals surface area contributed by atoms with E-state index in [1.165, 1.54) is 18.9 Å². The Bertz CT molecular complexity index is 1250. The molecule has 176 valence electrons. The van der Waals surface area contributed by atoms with Crippen molar-refractivity contribution in [2.75, 3.05) is 11.9 Å². The van der Waals surface area contributed by atoms with Crippen molar-refractivity contribution < 1.29 is 14.3 Å². The summed E-state index contributed by atoms with van der Waals surface area (Å²) >= 11 is 6.04. The Morgan fingerprint density at radius 2 is 1.97 bits per heavy atom. The van der Waals surface area contributed by atoms with Crippen LogP contribution in [-0.2, 0) is 0 Å². The summed E-state index contributed by atoms with van der Waals surface area (Å²) in [6.07, 6.45) is 8.12. The number of anilines is 1. The van der Waals surface area contributed by atoms with Crippen LogP contribution in [0.3, 0.4) is 0 Å². The van der Waals surface area contributed by atoms with Gasteiger partial charge in [0.1, 0.15) is 0 Å². The Labute approximate surface area is 202 Å². The third-order valence-electron chi connectivity index (χ3n) is 7.59. The van der Waals surface area contributed by atoms with Crippen LogP contribution in [0.2, 0.25) is 5.02 Å². The van der Waals surface area contributed by atoms with E-state index in [4.69, 9.17) is 11.6 Å². The molecule has 2 saturated heterocycles. The molecule has 3 aromatic rings. The van der Waals surface area contributed by atoms with Gasteiger partial charge in [0.15, 0.2) is 17.3 Å². The van der Waals surface area contributed by atoms with Crippen LogP contribution >= 0.6 is 11.6 Å². The number of rotatable bonds is 5. The fraction of sp³-hybridized carbons (Fsp3) is 0.407. The molecule has 2 aliphatic heterocycles. The van der Waals surface area contributed by atoms with Crippen LogP contribution in [0, 0.1) is 17.7 Å². The van der Waals surface area contributed by atoms with Gasteiger partial charge in [0, 0.05) is 29.6 Å². The number of halogens is 2. The second kappa shape index (κ2) is 8.51. The van der Waals surface area contributed by atoms with Crippen LogP contribution < -0.4 is 10.6 Å². The number of hydrogen-bond donors (Lipinski definition) is 3. The lowest BCUT2D eigenvalue weighted by molar-refractivity contribution is 0.0968. The maximum Gasteiger partial charge on any atom is 0.170 e. The molecule has 2 bridgehead atoms. The second-order valence-electron chi connectivity index (χ2n) is 10.1. The van der Waals surface area contributed by atoms with Crippen molar-refractivity contribution in [3.63, 3.8) is 0 Å². The van der Waals surface area contributed by atoms with Gasteiger partial charge >= 0.3 is 0 Å². The molecular weight excluding hydrogens is 453 g/mol. The third kappa shape index (κ3) is 4.03. The standard InChI is InChI=1S/C27H27ClFN3O2/c28-22-9-17(10-23(29)27(22)34)16-4-6-24-20(8-16)25(21(13-31-24)26(33)15-2-3-15)32-19-7-14-1-5-18(11-19)30-12-14/h4,6,8-10,13-15,18-19,30,34H,1-3,5,7,11-12H2,(H,31,32). The number of nitrogens with zero attached hydrogens (tertiary/aromatic N) is 1. The van der Waals surface area contributed by atoms with Crippen LogP contribution in [0.4, 0.5) is 10.1 Å². The molecule has 3 heterocycles. The first-order valence-corrected chi connectivity index (χ1v) is 12.5. The normalized spacial score (nSPS) is 24.2. The lowest BCUT2D eigenvalue weighted by atomic mass is 9.95. The van der Waals surface area contributed by atoms with Crippen LogP contribution in [0.5, 0.6) is 5.75 Å². The predicted octanol–water partition coefficient (Wildman–Crippen LogP) is 5.94. The quantitative estimate of drug-likeness (QED) is 0.395. The van der Waals surface area contributed by atoms with Gasteiger partial charge in [0.25, 0.3) is 0 Å². The van der Waals surface area contributed by atoms with E-state index >= 15 is 0 Å². The Hall–Kier alpha value is -2.70. The highest BCUT2D eigenvalue weighted by Gasteiger charge is 2.34. The van der Waals surface area contributed by atoms with E-state index in [2.05, 4.69) is 15.6 Å². The molecule has 34 heavy (non-hydrogen) atoms. The summed E-state index contributed by atoms with van der Waals surface area (Å²) in [4.78, 5) is 17.8. The maximum atomic E-state index is 14.2. The SMILES string of the molecule is O=C(c1cnc2ccc(-c3cc(F)c(O)c(Cl)c3)cc2c1NC1CC2CCC(C1)NC2)C1CC1. The van der Waals surface area contributed by atoms with Gasteiger partial charge in [-0.1, -0.05) is 17.7 Å². The topological polar surface area (TPSA) is 74.2 Å². The zero-order chi connectivity index (χ0) is 23.4. The highest BCUT2D eigenvalue weighted by molar-refractivity contribution is 6.32. The number of aromatic nitrogens is 1. The number of phenolic OH excluding ortho intramolecular Hbond substituents is 1.